The minimum Gasteiger partial charge on any atom is -0.395 e. The molecule has 3 N–H and O–H groups in total. The molecule has 2 aliphatic heterocycles. The van der Waals surface area contributed by atoms with Crippen molar-refractivity contribution < 1.29 is 14.7 Å². The molecular formula is C39H46Cl2N8O3. The van der Waals surface area contributed by atoms with Crippen LogP contribution in [0.1, 0.15) is 82.5 Å². The third kappa shape index (κ3) is 6.55. The van der Waals surface area contributed by atoms with Crippen molar-refractivity contribution in [2.75, 3.05) is 43.4 Å². The molecule has 2 aliphatic carbocycles. The van der Waals surface area contributed by atoms with Gasteiger partial charge in [-0.25, -0.2) is 9.97 Å². The van der Waals surface area contributed by atoms with Gasteiger partial charge in [-0.1, -0.05) is 47.5 Å². The number of carbonyl (C=O) groups is 2. The fraction of sp³-hybridized carbons (Fsp3) is 0.487. The average molecular weight is 746 g/mol. The highest BCUT2D eigenvalue weighted by Crippen LogP contribution is 2.56. The van der Waals surface area contributed by atoms with Gasteiger partial charge in [0.15, 0.2) is 11.6 Å². The van der Waals surface area contributed by atoms with E-state index in [2.05, 4.69) is 25.4 Å². The molecule has 11 nitrogen and oxygen atoms in total. The van der Waals surface area contributed by atoms with E-state index in [1.54, 1.807) is 18.2 Å². The second kappa shape index (κ2) is 14.2. The number of fused-ring (bicyclic) bond motifs is 4. The normalized spacial score (nSPS) is 21.3. The molecule has 4 aliphatic rings. The molecule has 2 amide bonds. The summed E-state index contributed by atoms with van der Waals surface area (Å²) < 4.78 is 3.75. The topological polar surface area (TPSA) is 121 Å². The van der Waals surface area contributed by atoms with E-state index in [-0.39, 0.29) is 18.4 Å². The highest BCUT2D eigenvalue weighted by Gasteiger charge is 2.44. The quantitative estimate of drug-likeness (QED) is 0.174. The van der Waals surface area contributed by atoms with Crippen LogP contribution in [-0.2, 0) is 40.0 Å². The second-order valence-corrected chi connectivity index (χ2v) is 15.9. The Morgan fingerprint density at radius 3 is 1.77 bits per heavy atom. The molecule has 8 rings (SSSR count). The highest BCUT2D eigenvalue weighted by atomic mass is 35.5. The van der Waals surface area contributed by atoms with Crippen molar-refractivity contribution in [1.29, 1.82) is 0 Å². The average Bonchev–Trinajstić information content (AvgIpc) is 3.91. The molecule has 274 valence electrons. The first kappa shape index (κ1) is 35.3. The van der Waals surface area contributed by atoms with Crippen LogP contribution in [-0.4, -0.2) is 78.6 Å². The van der Waals surface area contributed by atoms with Crippen LogP contribution in [0.4, 0.5) is 11.4 Å². The number of aromatic nitrogens is 4. The lowest BCUT2D eigenvalue weighted by atomic mass is 9.81. The zero-order valence-corrected chi connectivity index (χ0v) is 31.4. The Morgan fingerprint density at radius 1 is 0.808 bits per heavy atom. The number of nitrogens with one attached hydrogen (secondary N) is 2. The maximum absolute atomic E-state index is 13.7. The standard InChI is InChI=1S/C39H46Cl2N8O3/c1-46-31-11-16-48(18-15-39-13-9-24(21-39)10-14-39)22-29(31)42-35(46)37(51)44-27-7-3-5-25(33(27)40)26-6-4-8-28(34(26)41)45-38(52)36-43-30-23-49(19-20-50)17-12-32(30)47(36)2/h3-8,24,50H,9-23H2,1-2H3,(H,44,51)(H,45,52). The molecule has 0 spiro atoms. The number of aliphatic hydroxyl groups excluding tert-OH is 1. The molecule has 0 atom stereocenters. The van der Waals surface area contributed by atoms with Crippen LogP contribution in [0.2, 0.25) is 10.0 Å². The molecule has 4 aromatic rings. The zero-order valence-electron chi connectivity index (χ0n) is 29.9. The van der Waals surface area contributed by atoms with Gasteiger partial charge in [0.1, 0.15) is 0 Å². The third-order valence-electron chi connectivity index (χ3n) is 12.1. The lowest BCUT2D eigenvalue weighted by Crippen LogP contribution is -2.34. The van der Waals surface area contributed by atoms with E-state index in [0.29, 0.717) is 62.7 Å². The van der Waals surface area contributed by atoms with Crippen LogP contribution in [0.3, 0.4) is 0 Å². The summed E-state index contributed by atoms with van der Waals surface area (Å²) >= 11 is 13.9. The molecule has 2 aromatic heterocycles. The number of imidazole rings is 2. The maximum Gasteiger partial charge on any atom is 0.291 e. The molecule has 2 aromatic carbocycles. The summed E-state index contributed by atoms with van der Waals surface area (Å²) in [7, 11) is 3.76. The van der Waals surface area contributed by atoms with Crippen LogP contribution in [0.25, 0.3) is 11.1 Å². The van der Waals surface area contributed by atoms with Gasteiger partial charge in [0.05, 0.1) is 39.4 Å². The Bertz CT molecular complexity index is 2030. The van der Waals surface area contributed by atoms with Crippen molar-refractivity contribution in [3.63, 3.8) is 0 Å². The summed E-state index contributed by atoms with van der Waals surface area (Å²) in [6.07, 6.45) is 9.91. The maximum atomic E-state index is 13.7. The summed E-state index contributed by atoms with van der Waals surface area (Å²) in [6, 6.07) is 10.8. The van der Waals surface area contributed by atoms with E-state index in [9.17, 15) is 14.7 Å². The first-order valence-corrected chi connectivity index (χ1v) is 19.2. The van der Waals surface area contributed by atoms with Gasteiger partial charge in [-0.3, -0.25) is 19.4 Å². The van der Waals surface area contributed by atoms with E-state index in [1.165, 1.54) is 38.5 Å². The van der Waals surface area contributed by atoms with Crippen molar-refractivity contribution in [2.24, 2.45) is 25.4 Å². The Morgan fingerprint density at radius 2 is 1.31 bits per heavy atom. The molecule has 2 fully saturated rings. The number of anilines is 2. The first-order chi connectivity index (χ1) is 25.1. The van der Waals surface area contributed by atoms with E-state index in [4.69, 9.17) is 28.2 Å². The number of carbonyl (C=O) groups excluding carboxylic acids is 2. The molecule has 13 heteroatoms. The Kier molecular flexibility index (Phi) is 9.67. The van der Waals surface area contributed by atoms with Crippen molar-refractivity contribution in [3.05, 3.63) is 80.9 Å². The van der Waals surface area contributed by atoms with E-state index in [0.717, 1.165) is 67.7 Å². The Balaban J connectivity index is 0.957. The molecule has 0 radical (unpaired) electrons. The molecular weight excluding hydrogens is 699 g/mol. The van der Waals surface area contributed by atoms with Crippen molar-refractivity contribution in [2.45, 2.75) is 64.5 Å². The van der Waals surface area contributed by atoms with Crippen molar-refractivity contribution >= 4 is 46.4 Å². The van der Waals surface area contributed by atoms with Gasteiger partial charge in [0.2, 0.25) is 0 Å². The molecule has 0 unspecified atom stereocenters. The van der Waals surface area contributed by atoms with Crippen LogP contribution < -0.4 is 10.6 Å². The number of aliphatic hydroxyl groups is 1. The summed E-state index contributed by atoms with van der Waals surface area (Å²) in [6.45, 7) is 4.87. The number of rotatable bonds is 10. The van der Waals surface area contributed by atoms with Gasteiger partial charge >= 0.3 is 0 Å². The minimum atomic E-state index is -0.377. The second-order valence-electron chi connectivity index (χ2n) is 15.2. The highest BCUT2D eigenvalue weighted by molar-refractivity contribution is 6.40. The fourth-order valence-electron chi connectivity index (χ4n) is 9.18. The van der Waals surface area contributed by atoms with Crippen LogP contribution in [0.5, 0.6) is 0 Å². The predicted molar refractivity (Wildman–Crippen MR) is 203 cm³/mol. The predicted octanol–water partition coefficient (Wildman–Crippen LogP) is 6.31. The SMILES string of the molecule is Cn1c(C(=O)Nc2cccc(-c3cccc(NC(=O)c4nc5c(n4C)CCN(CCC46CCC(CC4)C6)C5)c3Cl)c2Cl)nc2c1CCN(CCO)C2. The molecule has 52 heavy (non-hydrogen) atoms. The van der Waals surface area contributed by atoms with Crippen LogP contribution >= 0.6 is 23.2 Å². The van der Waals surface area contributed by atoms with Crippen molar-refractivity contribution in [1.82, 2.24) is 28.9 Å². The largest absolute Gasteiger partial charge is 0.395 e. The lowest BCUT2D eigenvalue weighted by Gasteiger charge is -2.32. The number of benzene rings is 2. The number of hydrogen-bond acceptors (Lipinski definition) is 7. The number of halogens is 2. The fourth-order valence-corrected chi connectivity index (χ4v) is 9.73. The lowest BCUT2D eigenvalue weighted by molar-refractivity contribution is 0.100. The molecule has 2 bridgehead atoms. The van der Waals surface area contributed by atoms with E-state index >= 15 is 0 Å². The number of nitrogens with zero attached hydrogens (tertiary/aromatic N) is 6. The minimum absolute atomic E-state index is 0.0784. The van der Waals surface area contributed by atoms with Gasteiger partial charge in [-0.15, -0.1) is 0 Å². The van der Waals surface area contributed by atoms with Gasteiger partial charge in [0.25, 0.3) is 11.8 Å². The summed E-state index contributed by atoms with van der Waals surface area (Å²) in [5.74, 6) is 0.913. The smallest absolute Gasteiger partial charge is 0.291 e. The molecule has 2 saturated carbocycles. The van der Waals surface area contributed by atoms with Gasteiger partial charge in [-0.2, -0.15) is 0 Å². The zero-order chi connectivity index (χ0) is 36.1. The van der Waals surface area contributed by atoms with Crippen LogP contribution in [0.15, 0.2) is 36.4 Å². The van der Waals surface area contributed by atoms with Gasteiger partial charge in [0, 0.05) is 82.2 Å². The third-order valence-corrected chi connectivity index (χ3v) is 12.9. The van der Waals surface area contributed by atoms with Crippen LogP contribution in [0, 0.1) is 11.3 Å². The Labute approximate surface area is 314 Å². The summed E-state index contributed by atoms with van der Waals surface area (Å²) in [5.41, 5.74) is 6.59. The van der Waals surface area contributed by atoms with Crippen molar-refractivity contribution in [3.8, 4) is 11.1 Å². The number of hydrogen-bond donors (Lipinski definition) is 3. The summed E-state index contributed by atoms with van der Waals surface area (Å²) in [5, 5.41) is 15.9. The van der Waals surface area contributed by atoms with E-state index < -0.39 is 0 Å². The van der Waals surface area contributed by atoms with E-state index in [1.807, 2.05) is 41.4 Å². The molecule has 0 saturated heterocycles. The van der Waals surface area contributed by atoms with Gasteiger partial charge < -0.3 is 24.9 Å². The summed E-state index contributed by atoms with van der Waals surface area (Å²) in [4.78, 5) is 41.3. The monoisotopic (exact) mass is 744 g/mol. The Hall–Kier alpha value is -3.74. The number of β-amino-alcohol motifs (C(OH)–C–C–N with tert-alkyl or cyclic N) is 1. The van der Waals surface area contributed by atoms with Gasteiger partial charge in [-0.05, 0) is 68.5 Å². The first-order valence-electron chi connectivity index (χ1n) is 18.5. The molecule has 4 heterocycles. The number of amides is 2.